The third kappa shape index (κ3) is 5.56. The van der Waals surface area contributed by atoms with Crippen molar-refractivity contribution >= 4 is 32.4 Å². The van der Waals surface area contributed by atoms with E-state index in [1.54, 1.807) is 36.4 Å². The number of halogens is 1. The minimum Gasteiger partial charge on any atom is -0.348 e. The molecule has 0 atom stereocenters. The third-order valence-corrected chi connectivity index (χ3v) is 6.46. The summed E-state index contributed by atoms with van der Waals surface area (Å²) >= 11 is 0. The molecule has 0 unspecified atom stereocenters. The lowest BCUT2D eigenvalue weighted by Gasteiger charge is -2.22. The number of carbonyl (C=O) groups excluding carboxylic acids is 1. The Bertz CT molecular complexity index is 1390. The summed E-state index contributed by atoms with van der Waals surface area (Å²) < 4.78 is 39.1. The van der Waals surface area contributed by atoms with Crippen LogP contribution in [0.5, 0.6) is 0 Å². The maximum absolute atomic E-state index is 13.2. The SMILES string of the molecule is CS(=O)(=O)N(Cc1ccc(F)cc1)c1ccc(C(=O)NCc2ccc3ccccc3c2)cc1. The van der Waals surface area contributed by atoms with Crippen molar-refractivity contribution in [3.8, 4) is 0 Å². The molecule has 0 bridgehead atoms. The fourth-order valence-corrected chi connectivity index (χ4v) is 4.46. The van der Waals surface area contributed by atoms with Gasteiger partial charge in [0.25, 0.3) is 5.91 Å². The van der Waals surface area contributed by atoms with Crippen molar-refractivity contribution in [1.29, 1.82) is 0 Å². The van der Waals surface area contributed by atoms with Crippen molar-refractivity contribution in [1.82, 2.24) is 5.32 Å². The van der Waals surface area contributed by atoms with Crippen LogP contribution in [-0.2, 0) is 23.1 Å². The Kier molecular flexibility index (Phi) is 6.42. The lowest BCUT2D eigenvalue weighted by molar-refractivity contribution is 0.0951. The van der Waals surface area contributed by atoms with E-state index in [2.05, 4.69) is 5.32 Å². The molecule has 0 radical (unpaired) electrons. The van der Waals surface area contributed by atoms with E-state index < -0.39 is 10.0 Å². The zero-order valence-electron chi connectivity index (χ0n) is 18.0. The summed E-state index contributed by atoms with van der Waals surface area (Å²) in [6.45, 7) is 0.443. The van der Waals surface area contributed by atoms with Crippen molar-refractivity contribution in [2.75, 3.05) is 10.6 Å². The van der Waals surface area contributed by atoms with Gasteiger partial charge in [0.15, 0.2) is 0 Å². The molecule has 4 rings (SSSR count). The van der Waals surface area contributed by atoms with Crippen molar-refractivity contribution in [3.05, 3.63) is 114 Å². The van der Waals surface area contributed by atoms with Gasteiger partial charge in [0.2, 0.25) is 10.0 Å². The summed E-state index contributed by atoms with van der Waals surface area (Å²) in [7, 11) is -3.58. The molecule has 7 heteroatoms. The molecule has 4 aromatic carbocycles. The summed E-state index contributed by atoms with van der Waals surface area (Å²) in [5.74, 6) is -0.636. The molecule has 0 saturated carbocycles. The van der Waals surface area contributed by atoms with Crippen LogP contribution < -0.4 is 9.62 Å². The summed E-state index contributed by atoms with van der Waals surface area (Å²) in [4.78, 5) is 12.6. The Morgan fingerprint density at radius 3 is 2.15 bits per heavy atom. The van der Waals surface area contributed by atoms with Crippen molar-refractivity contribution < 1.29 is 17.6 Å². The van der Waals surface area contributed by atoms with E-state index in [0.717, 1.165) is 22.6 Å². The number of hydrogen-bond donors (Lipinski definition) is 1. The number of fused-ring (bicyclic) bond motifs is 1. The van der Waals surface area contributed by atoms with Gasteiger partial charge in [0.05, 0.1) is 18.5 Å². The highest BCUT2D eigenvalue weighted by atomic mass is 32.2. The van der Waals surface area contributed by atoms with Gasteiger partial charge in [-0.1, -0.05) is 48.5 Å². The number of nitrogens with one attached hydrogen (secondary N) is 1. The highest BCUT2D eigenvalue weighted by molar-refractivity contribution is 7.92. The van der Waals surface area contributed by atoms with Crippen molar-refractivity contribution in [2.24, 2.45) is 0 Å². The topological polar surface area (TPSA) is 66.5 Å². The van der Waals surface area contributed by atoms with E-state index in [1.807, 2.05) is 42.5 Å². The average Bonchev–Trinajstić information content (AvgIpc) is 2.81. The molecule has 0 aliphatic rings. The van der Waals surface area contributed by atoms with E-state index in [-0.39, 0.29) is 18.3 Å². The van der Waals surface area contributed by atoms with E-state index in [9.17, 15) is 17.6 Å². The van der Waals surface area contributed by atoms with E-state index in [1.165, 1.54) is 16.4 Å². The number of amides is 1. The van der Waals surface area contributed by atoms with Crippen LogP contribution in [0.15, 0.2) is 91.0 Å². The van der Waals surface area contributed by atoms with Gasteiger partial charge < -0.3 is 5.32 Å². The Labute approximate surface area is 192 Å². The molecule has 0 saturated heterocycles. The number of anilines is 1. The zero-order chi connectivity index (χ0) is 23.4. The summed E-state index contributed by atoms with van der Waals surface area (Å²) in [6.07, 6.45) is 1.11. The number of sulfonamides is 1. The van der Waals surface area contributed by atoms with Gasteiger partial charge >= 0.3 is 0 Å². The summed E-state index contributed by atoms with van der Waals surface area (Å²) in [6, 6.07) is 26.1. The molecule has 1 N–H and O–H groups in total. The first-order valence-electron chi connectivity index (χ1n) is 10.4. The number of benzene rings is 4. The second-order valence-electron chi connectivity index (χ2n) is 7.81. The lowest BCUT2D eigenvalue weighted by Crippen LogP contribution is -2.29. The molecule has 0 aliphatic heterocycles. The van der Waals surface area contributed by atoms with E-state index >= 15 is 0 Å². The highest BCUT2D eigenvalue weighted by Gasteiger charge is 2.18. The van der Waals surface area contributed by atoms with Crippen LogP contribution in [0.1, 0.15) is 21.5 Å². The molecule has 0 heterocycles. The minimum absolute atomic E-state index is 0.0621. The lowest BCUT2D eigenvalue weighted by atomic mass is 10.1. The van der Waals surface area contributed by atoms with Crippen LogP contribution >= 0.6 is 0 Å². The second kappa shape index (κ2) is 9.42. The van der Waals surface area contributed by atoms with Gasteiger partial charge in [-0.05, 0) is 64.4 Å². The molecule has 0 spiro atoms. The molecule has 0 aromatic heterocycles. The predicted molar refractivity (Wildman–Crippen MR) is 129 cm³/mol. The van der Waals surface area contributed by atoms with Crippen LogP contribution in [0.25, 0.3) is 10.8 Å². The van der Waals surface area contributed by atoms with E-state index in [4.69, 9.17) is 0 Å². The van der Waals surface area contributed by atoms with Crippen molar-refractivity contribution in [2.45, 2.75) is 13.1 Å². The molecule has 33 heavy (non-hydrogen) atoms. The van der Waals surface area contributed by atoms with Gasteiger partial charge in [0.1, 0.15) is 5.82 Å². The number of nitrogens with zero attached hydrogens (tertiary/aromatic N) is 1. The molecular weight excluding hydrogens is 439 g/mol. The van der Waals surface area contributed by atoms with Gasteiger partial charge in [-0.15, -0.1) is 0 Å². The Morgan fingerprint density at radius 1 is 0.848 bits per heavy atom. The van der Waals surface area contributed by atoms with Gasteiger partial charge in [-0.25, -0.2) is 12.8 Å². The first-order valence-corrected chi connectivity index (χ1v) is 12.2. The smallest absolute Gasteiger partial charge is 0.251 e. The Morgan fingerprint density at radius 2 is 1.48 bits per heavy atom. The van der Waals surface area contributed by atoms with Crippen LogP contribution in [0.4, 0.5) is 10.1 Å². The third-order valence-electron chi connectivity index (χ3n) is 5.32. The molecule has 4 aromatic rings. The largest absolute Gasteiger partial charge is 0.348 e. The average molecular weight is 463 g/mol. The van der Waals surface area contributed by atoms with Crippen LogP contribution in [-0.4, -0.2) is 20.6 Å². The first kappa shape index (κ1) is 22.5. The maximum atomic E-state index is 13.2. The summed E-state index contributed by atoms with van der Waals surface area (Å²) in [5.41, 5.74) is 2.49. The second-order valence-corrected chi connectivity index (χ2v) is 9.71. The van der Waals surface area contributed by atoms with Crippen LogP contribution in [0.2, 0.25) is 0 Å². The van der Waals surface area contributed by atoms with E-state index in [0.29, 0.717) is 23.4 Å². The molecule has 5 nitrogen and oxygen atoms in total. The maximum Gasteiger partial charge on any atom is 0.251 e. The Hall–Kier alpha value is -3.71. The minimum atomic E-state index is -3.58. The van der Waals surface area contributed by atoms with Crippen LogP contribution in [0, 0.1) is 5.82 Å². The normalized spacial score (nSPS) is 11.3. The van der Waals surface area contributed by atoms with Gasteiger partial charge in [0, 0.05) is 12.1 Å². The highest BCUT2D eigenvalue weighted by Crippen LogP contribution is 2.22. The van der Waals surface area contributed by atoms with Gasteiger partial charge in [-0.2, -0.15) is 0 Å². The molecule has 0 aliphatic carbocycles. The quantitative estimate of drug-likeness (QED) is 0.426. The molecule has 168 valence electrons. The fraction of sp³-hybridized carbons (Fsp3) is 0.115. The standard InChI is InChI=1S/C26H23FN2O3S/c1-33(31,32)29(18-19-7-12-24(27)13-8-19)25-14-10-22(11-15-25)26(30)28-17-20-6-9-21-4-2-3-5-23(21)16-20/h2-16H,17-18H2,1H3,(H,28,30). The van der Waals surface area contributed by atoms with Crippen molar-refractivity contribution in [3.63, 3.8) is 0 Å². The van der Waals surface area contributed by atoms with Gasteiger partial charge in [-0.3, -0.25) is 9.10 Å². The monoisotopic (exact) mass is 462 g/mol. The predicted octanol–water partition coefficient (Wildman–Crippen LogP) is 4.88. The Balaban J connectivity index is 1.45. The zero-order valence-corrected chi connectivity index (χ0v) is 18.8. The summed E-state index contributed by atoms with van der Waals surface area (Å²) in [5, 5.41) is 5.14. The number of rotatable bonds is 7. The van der Waals surface area contributed by atoms with Crippen LogP contribution in [0.3, 0.4) is 0 Å². The number of carbonyl (C=O) groups is 1. The number of hydrogen-bond acceptors (Lipinski definition) is 3. The molecular formula is C26H23FN2O3S. The molecule has 1 amide bonds. The molecule has 0 fully saturated rings. The first-order chi connectivity index (χ1) is 15.8. The fourth-order valence-electron chi connectivity index (χ4n) is 3.57.